The number of fused-ring (bicyclic) bond motifs is 1. The Hall–Kier alpha value is -2.80. The summed E-state index contributed by atoms with van der Waals surface area (Å²) in [5, 5.41) is 7.79. The molecule has 4 rings (SSSR count). The molecule has 2 aromatic heterocycles. The first-order chi connectivity index (χ1) is 13.1. The van der Waals surface area contributed by atoms with Crippen molar-refractivity contribution in [2.24, 2.45) is 0 Å². The molecule has 3 N–H and O–H groups in total. The Morgan fingerprint density at radius 3 is 2.59 bits per heavy atom. The molecule has 0 aliphatic heterocycles. The van der Waals surface area contributed by atoms with Crippen molar-refractivity contribution < 1.29 is 4.39 Å². The molecule has 27 heavy (non-hydrogen) atoms. The summed E-state index contributed by atoms with van der Waals surface area (Å²) in [7, 11) is 2.01. The number of pyridine rings is 1. The minimum Gasteiger partial charge on any atom is -0.367 e. The number of hydrogen-bond acceptors (Lipinski definition) is 5. The van der Waals surface area contributed by atoms with Crippen molar-refractivity contribution in [3.05, 3.63) is 53.0 Å². The monoisotopic (exact) mass is 367 g/mol. The van der Waals surface area contributed by atoms with E-state index in [1.165, 1.54) is 12.3 Å². The number of nitrogens with zero attached hydrogens (tertiary/aromatic N) is 2. The molecule has 3 aromatic rings. The molecule has 0 amide bonds. The molecule has 2 heterocycles. The molecule has 140 valence electrons. The SMILES string of the molecule is CNC1CCC(Nc2ncnc3ccc(-c4c[nH]c(=O)c(F)c4)cc23)CC1. The quantitative estimate of drug-likeness (QED) is 0.660. The summed E-state index contributed by atoms with van der Waals surface area (Å²) in [6.45, 7) is 0. The van der Waals surface area contributed by atoms with Crippen LogP contribution in [0.4, 0.5) is 10.2 Å². The van der Waals surface area contributed by atoms with Crippen LogP contribution in [0.2, 0.25) is 0 Å². The highest BCUT2D eigenvalue weighted by atomic mass is 19.1. The molecule has 0 radical (unpaired) electrons. The van der Waals surface area contributed by atoms with Gasteiger partial charge < -0.3 is 15.6 Å². The van der Waals surface area contributed by atoms with E-state index in [0.29, 0.717) is 17.6 Å². The van der Waals surface area contributed by atoms with Gasteiger partial charge in [-0.05, 0) is 56.5 Å². The predicted octanol–water partition coefficient (Wildman–Crippen LogP) is 3.07. The highest BCUT2D eigenvalue weighted by Gasteiger charge is 2.20. The molecule has 1 fully saturated rings. The minimum atomic E-state index is -0.795. The molecule has 1 aromatic carbocycles. The normalized spacial score (nSPS) is 19.9. The minimum absolute atomic E-state index is 0.377. The third-order valence-corrected chi connectivity index (χ3v) is 5.30. The lowest BCUT2D eigenvalue weighted by molar-refractivity contribution is 0.371. The third kappa shape index (κ3) is 3.68. The van der Waals surface area contributed by atoms with Crippen molar-refractivity contribution in [2.75, 3.05) is 12.4 Å². The first-order valence-electron chi connectivity index (χ1n) is 9.21. The average Bonchev–Trinajstić information content (AvgIpc) is 2.70. The van der Waals surface area contributed by atoms with Gasteiger partial charge in [0.15, 0.2) is 5.82 Å². The summed E-state index contributed by atoms with van der Waals surface area (Å²) in [5.74, 6) is -0.00351. The predicted molar refractivity (Wildman–Crippen MR) is 104 cm³/mol. The molecule has 6 nitrogen and oxygen atoms in total. The summed E-state index contributed by atoms with van der Waals surface area (Å²) in [6, 6.07) is 7.90. The topological polar surface area (TPSA) is 82.7 Å². The van der Waals surface area contributed by atoms with Crippen LogP contribution in [0.5, 0.6) is 0 Å². The second-order valence-electron chi connectivity index (χ2n) is 7.00. The van der Waals surface area contributed by atoms with Gasteiger partial charge in [-0.3, -0.25) is 4.79 Å². The fourth-order valence-corrected chi connectivity index (χ4v) is 3.69. The van der Waals surface area contributed by atoms with Gasteiger partial charge in [-0.25, -0.2) is 14.4 Å². The van der Waals surface area contributed by atoms with Crippen LogP contribution < -0.4 is 16.2 Å². The van der Waals surface area contributed by atoms with E-state index in [0.717, 1.165) is 48.0 Å². The smallest absolute Gasteiger partial charge is 0.283 e. The number of rotatable bonds is 4. The summed E-state index contributed by atoms with van der Waals surface area (Å²) in [5.41, 5.74) is 1.51. The maximum Gasteiger partial charge on any atom is 0.283 e. The van der Waals surface area contributed by atoms with Crippen LogP contribution in [0.1, 0.15) is 25.7 Å². The second-order valence-corrected chi connectivity index (χ2v) is 7.00. The fourth-order valence-electron chi connectivity index (χ4n) is 3.69. The lowest BCUT2D eigenvalue weighted by atomic mass is 9.91. The fraction of sp³-hybridized carbons (Fsp3) is 0.350. The van der Waals surface area contributed by atoms with Crippen LogP contribution in [0.15, 0.2) is 41.6 Å². The largest absolute Gasteiger partial charge is 0.367 e. The number of benzene rings is 1. The van der Waals surface area contributed by atoms with Gasteiger partial charge in [-0.2, -0.15) is 0 Å². The van der Waals surface area contributed by atoms with E-state index in [9.17, 15) is 9.18 Å². The van der Waals surface area contributed by atoms with Crippen molar-refractivity contribution in [3.63, 3.8) is 0 Å². The van der Waals surface area contributed by atoms with E-state index in [-0.39, 0.29) is 0 Å². The Labute approximate surface area is 156 Å². The van der Waals surface area contributed by atoms with Crippen molar-refractivity contribution in [1.29, 1.82) is 0 Å². The zero-order chi connectivity index (χ0) is 18.8. The Morgan fingerprint density at radius 1 is 1.07 bits per heavy atom. The number of aromatic amines is 1. The Morgan fingerprint density at radius 2 is 1.85 bits per heavy atom. The van der Waals surface area contributed by atoms with Crippen LogP contribution >= 0.6 is 0 Å². The van der Waals surface area contributed by atoms with Gasteiger partial charge in [0, 0.05) is 29.2 Å². The molecule has 0 unspecified atom stereocenters. The highest BCUT2D eigenvalue weighted by Crippen LogP contribution is 2.28. The van der Waals surface area contributed by atoms with Gasteiger partial charge in [0.05, 0.1) is 5.52 Å². The zero-order valence-electron chi connectivity index (χ0n) is 15.1. The zero-order valence-corrected chi connectivity index (χ0v) is 15.1. The molecule has 7 heteroatoms. The van der Waals surface area contributed by atoms with Gasteiger partial charge >= 0.3 is 0 Å². The van der Waals surface area contributed by atoms with E-state index >= 15 is 0 Å². The van der Waals surface area contributed by atoms with Crippen molar-refractivity contribution in [2.45, 2.75) is 37.8 Å². The number of halogens is 1. The van der Waals surface area contributed by atoms with E-state index < -0.39 is 11.4 Å². The van der Waals surface area contributed by atoms with Crippen molar-refractivity contribution >= 4 is 16.7 Å². The summed E-state index contributed by atoms with van der Waals surface area (Å²) in [6.07, 6.45) is 7.52. The lowest BCUT2D eigenvalue weighted by Crippen LogP contribution is -2.35. The van der Waals surface area contributed by atoms with Crippen LogP contribution in [0.25, 0.3) is 22.0 Å². The van der Waals surface area contributed by atoms with Gasteiger partial charge in [0.25, 0.3) is 5.56 Å². The Kier molecular flexibility index (Phi) is 4.85. The molecule has 0 atom stereocenters. The lowest BCUT2D eigenvalue weighted by Gasteiger charge is -2.29. The standard InChI is InChI=1S/C20H22FN5O/c1-22-14-3-5-15(6-4-14)26-19-16-8-12(2-7-18(16)24-11-25-19)13-9-17(21)20(27)23-10-13/h2,7-11,14-15,22H,3-6H2,1H3,(H,23,27)(H,24,25,26). The molecule has 1 aliphatic carbocycles. The third-order valence-electron chi connectivity index (χ3n) is 5.30. The number of H-pyrrole nitrogens is 1. The molecular weight excluding hydrogens is 345 g/mol. The maximum absolute atomic E-state index is 13.6. The summed E-state index contributed by atoms with van der Waals surface area (Å²) < 4.78 is 13.6. The van der Waals surface area contributed by atoms with E-state index in [1.54, 1.807) is 6.33 Å². The summed E-state index contributed by atoms with van der Waals surface area (Å²) in [4.78, 5) is 22.5. The van der Waals surface area contributed by atoms with Gasteiger partial charge in [-0.15, -0.1) is 0 Å². The Bertz CT molecular complexity index is 1010. The maximum atomic E-state index is 13.6. The van der Waals surface area contributed by atoms with Crippen LogP contribution in [0.3, 0.4) is 0 Å². The molecule has 0 spiro atoms. The van der Waals surface area contributed by atoms with Crippen LogP contribution in [-0.2, 0) is 0 Å². The molecule has 1 saturated carbocycles. The first-order valence-corrected chi connectivity index (χ1v) is 9.21. The highest BCUT2D eigenvalue weighted by molar-refractivity contribution is 5.92. The average molecular weight is 367 g/mol. The van der Waals surface area contributed by atoms with E-state index in [1.807, 2.05) is 25.2 Å². The van der Waals surface area contributed by atoms with Crippen molar-refractivity contribution in [3.8, 4) is 11.1 Å². The van der Waals surface area contributed by atoms with Crippen LogP contribution in [-0.4, -0.2) is 34.1 Å². The van der Waals surface area contributed by atoms with E-state index in [2.05, 4.69) is 25.6 Å². The molecule has 0 bridgehead atoms. The summed E-state index contributed by atoms with van der Waals surface area (Å²) >= 11 is 0. The number of aromatic nitrogens is 3. The van der Waals surface area contributed by atoms with Crippen molar-refractivity contribution in [1.82, 2.24) is 20.3 Å². The Balaban J connectivity index is 1.65. The van der Waals surface area contributed by atoms with Gasteiger partial charge in [0.1, 0.15) is 12.1 Å². The molecular formula is C20H22FN5O. The second kappa shape index (κ2) is 7.44. The van der Waals surface area contributed by atoms with Gasteiger partial charge in [-0.1, -0.05) is 6.07 Å². The van der Waals surface area contributed by atoms with E-state index in [4.69, 9.17) is 0 Å². The first kappa shape index (κ1) is 17.6. The number of anilines is 1. The number of nitrogens with one attached hydrogen (secondary N) is 3. The van der Waals surface area contributed by atoms with Gasteiger partial charge in [0.2, 0.25) is 0 Å². The molecule has 0 saturated heterocycles. The number of hydrogen-bond donors (Lipinski definition) is 3. The van der Waals surface area contributed by atoms with Crippen LogP contribution in [0, 0.1) is 5.82 Å². The molecule has 1 aliphatic rings.